The highest BCUT2D eigenvalue weighted by molar-refractivity contribution is 5.76. The quantitative estimate of drug-likeness (QED) is 0.506. The van der Waals surface area contributed by atoms with Crippen molar-refractivity contribution < 1.29 is 9.90 Å². The molecule has 86 valence electrons. The minimum Gasteiger partial charge on any atom is -0.393 e. The molecule has 0 aromatic carbocycles. The highest BCUT2D eigenvalue weighted by Gasteiger charge is 2.27. The van der Waals surface area contributed by atoms with Crippen molar-refractivity contribution in [2.45, 2.75) is 31.9 Å². The molecule has 1 heterocycles. The van der Waals surface area contributed by atoms with Gasteiger partial charge in [-0.3, -0.25) is 10.2 Å². The van der Waals surface area contributed by atoms with E-state index in [4.69, 9.17) is 10.5 Å². The summed E-state index contributed by atoms with van der Waals surface area (Å²) in [5.41, 5.74) is 0. The second-order valence-corrected chi connectivity index (χ2v) is 4.12. The van der Waals surface area contributed by atoms with E-state index in [0.29, 0.717) is 0 Å². The van der Waals surface area contributed by atoms with Crippen LogP contribution in [0.5, 0.6) is 0 Å². The molecule has 15 heavy (non-hydrogen) atoms. The van der Waals surface area contributed by atoms with Gasteiger partial charge in [0.05, 0.1) is 24.9 Å². The van der Waals surface area contributed by atoms with Gasteiger partial charge < -0.3 is 14.9 Å². The molecule has 1 rings (SSSR count). The number of amides is 1. The molecule has 5 heteroatoms. The smallest absolute Gasteiger partial charge is 0.225 e. The number of nitrogens with one attached hydrogen (secondary N) is 1. The van der Waals surface area contributed by atoms with E-state index in [9.17, 15) is 4.79 Å². The molecule has 1 fully saturated rings. The number of aliphatic hydroxyl groups is 1. The van der Waals surface area contributed by atoms with Crippen LogP contribution in [0.1, 0.15) is 19.8 Å². The molecule has 0 aliphatic carbocycles. The maximum absolute atomic E-state index is 11.6. The van der Waals surface area contributed by atoms with E-state index >= 15 is 0 Å². The first kappa shape index (κ1) is 12.0. The Morgan fingerprint density at radius 2 is 2.47 bits per heavy atom. The van der Waals surface area contributed by atoms with Crippen molar-refractivity contribution in [2.75, 3.05) is 20.1 Å². The Hall–Kier alpha value is -1.10. The van der Waals surface area contributed by atoms with Crippen molar-refractivity contribution in [3.63, 3.8) is 0 Å². The fraction of sp³-hybridized carbons (Fsp3) is 0.800. The van der Waals surface area contributed by atoms with Crippen LogP contribution in [0.3, 0.4) is 0 Å². The van der Waals surface area contributed by atoms with Crippen molar-refractivity contribution in [3.8, 4) is 0 Å². The van der Waals surface area contributed by atoms with E-state index in [0.717, 1.165) is 19.5 Å². The summed E-state index contributed by atoms with van der Waals surface area (Å²) in [6.07, 6.45) is 1.81. The second-order valence-electron chi connectivity index (χ2n) is 4.12. The van der Waals surface area contributed by atoms with Crippen molar-refractivity contribution in [3.05, 3.63) is 0 Å². The Morgan fingerprint density at radius 1 is 1.80 bits per heavy atom. The van der Waals surface area contributed by atoms with Crippen LogP contribution in [0, 0.1) is 5.41 Å². The highest BCUT2D eigenvalue weighted by Crippen LogP contribution is 2.14. The molecular formula is C10H19N3O2. The van der Waals surface area contributed by atoms with Gasteiger partial charge in [0, 0.05) is 20.1 Å². The molecule has 0 radical (unpaired) electrons. The van der Waals surface area contributed by atoms with E-state index in [2.05, 4.69) is 0 Å². The summed E-state index contributed by atoms with van der Waals surface area (Å²) in [5, 5.41) is 16.2. The normalized spacial score (nSPS) is 22.6. The average Bonchev–Trinajstić information content (AvgIpc) is 2.63. The van der Waals surface area contributed by atoms with Gasteiger partial charge in [-0.2, -0.15) is 0 Å². The summed E-state index contributed by atoms with van der Waals surface area (Å²) in [7, 11) is 1.77. The van der Waals surface area contributed by atoms with Crippen LogP contribution in [0.4, 0.5) is 0 Å². The molecule has 1 saturated heterocycles. The zero-order valence-electron chi connectivity index (χ0n) is 9.31. The Kier molecular flexibility index (Phi) is 4.08. The maximum atomic E-state index is 11.6. The number of carbonyl (C=O) groups is 1. The van der Waals surface area contributed by atoms with E-state index in [1.807, 2.05) is 4.90 Å². The maximum Gasteiger partial charge on any atom is 0.225 e. The number of carbonyl (C=O) groups excluding carboxylic acids is 1. The molecule has 2 unspecified atom stereocenters. The largest absolute Gasteiger partial charge is 0.393 e. The predicted octanol–water partition coefficient (Wildman–Crippen LogP) is -0.103. The molecule has 1 aliphatic rings. The minimum absolute atomic E-state index is 0.0261. The first-order chi connectivity index (χ1) is 7.04. The van der Waals surface area contributed by atoms with Gasteiger partial charge in [-0.15, -0.1) is 0 Å². The van der Waals surface area contributed by atoms with Gasteiger partial charge in [-0.05, 0) is 13.3 Å². The molecule has 2 atom stereocenters. The van der Waals surface area contributed by atoms with E-state index in [-0.39, 0.29) is 18.4 Å². The van der Waals surface area contributed by atoms with Crippen LogP contribution in [0.25, 0.3) is 0 Å². The summed E-state index contributed by atoms with van der Waals surface area (Å²) < 4.78 is 0. The molecule has 0 bridgehead atoms. The zero-order chi connectivity index (χ0) is 11.4. The van der Waals surface area contributed by atoms with Gasteiger partial charge in [-0.1, -0.05) is 0 Å². The SMILES string of the molecule is CC(O)CC(=O)N(C)C1CCN(C=N)C1. The highest BCUT2D eigenvalue weighted by atomic mass is 16.3. The first-order valence-corrected chi connectivity index (χ1v) is 5.23. The van der Waals surface area contributed by atoms with Gasteiger partial charge in [0.1, 0.15) is 0 Å². The lowest BCUT2D eigenvalue weighted by atomic mass is 10.2. The van der Waals surface area contributed by atoms with Crippen molar-refractivity contribution in [2.24, 2.45) is 0 Å². The number of aliphatic hydroxyl groups excluding tert-OH is 1. The number of likely N-dealkylation sites (N-methyl/N-ethyl adjacent to an activating group) is 1. The Morgan fingerprint density at radius 3 is 2.93 bits per heavy atom. The van der Waals surface area contributed by atoms with E-state index < -0.39 is 6.10 Å². The van der Waals surface area contributed by atoms with Gasteiger partial charge in [0.15, 0.2) is 0 Å². The van der Waals surface area contributed by atoms with Crippen molar-refractivity contribution in [1.82, 2.24) is 9.80 Å². The third-order valence-corrected chi connectivity index (χ3v) is 2.79. The lowest BCUT2D eigenvalue weighted by Gasteiger charge is -2.25. The van der Waals surface area contributed by atoms with Crippen LogP contribution in [-0.2, 0) is 4.79 Å². The monoisotopic (exact) mass is 213 g/mol. The molecule has 0 spiro atoms. The molecule has 0 saturated carbocycles. The van der Waals surface area contributed by atoms with Gasteiger partial charge in [0.25, 0.3) is 0 Å². The summed E-state index contributed by atoms with van der Waals surface area (Å²) in [4.78, 5) is 15.2. The topological polar surface area (TPSA) is 67.6 Å². The molecule has 1 amide bonds. The summed E-state index contributed by atoms with van der Waals surface area (Å²) in [6, 6.07) is 0.179. The third kappa shape index (κ3) is 3.20. The number of likely N-dealkylation sites (tertiary alicyclic amines) is 1. The van der Waals surface area contributed by atoms with E-state index in [1.54, 1.807) is 18.9 Å². The Balaban J connectivity index is 2.43. The van der Waals surface area contributed by atoms with Crippen LogP contribution in [-0.4, -0.2) is 59.4 Å². The van der Waals surface area contributed by atoms with Gasteiger partial charge >= 0.3 is 0 Å². The van der Waals surface area contributed by atoms with Crippen molar-refractivity contribution >= 4 is 12.2 Å². The van der Waals surface area contributed by atoms with Crippen LogP contribution < -0.4 is 0 Å². The Bertz CT molecular complexity index is 243. The number of hydrogen-bond donors (Lipinski definition) is 2. The molecular weight excluding hydrogens is 194 g/mol. The van der Waals surface area contributed by atoms with Crippen molar-refractivity contribution in [1.29, 1.82) is 5.41 Å². The molecule has 2 N–H and O–H groups in total. The standard InChI is InChI=1S/C10H19N3O2/c1-8(14)5-10(15)12(2)9-3-4-13(6-9)7-11/h7-9,11,14H,3-6H2,1-2H3. The van der Waals surface area contributed by atoms with E-state index in [1.165, 1.54) is 6.34 Å². The minimum atomic E-state index is -0.583. The fourth-order valence-electron chi connectivity index (χ4n) is 1.80. The number of hydrogen-bond acceptors (Lipinski definition) is 3. The summed E-state index contributed by atoms with van der Waals surface area (Å²) in [5.74, 6) is -0.0261. The van der Waals surface area contributed by atoms with Gasteiger partial charge in [-0.25, -0.2) is 0 Å². The number of rotatable bonds is 4. The average molecular weight is 213 g/mol. The fourth-order valence-corrected chi connectivity index (χ4v) is 1.80. The number of nitrogens with zero attached hydrogens (tertiary/aromatic N) is 2. The lowest BCUT2D eigenvalue weighted by molar-refractivity contribution is -0.133. The lowest BCUT2D eigenvalue weighted by Crippen LogP contribution is -2.39. The van der Waals surface area contributed by atoms with Gasteiger partial charge in [0.2, 0.25) is 5.91 Å². The van der Waals surface area contributed by atoms with Crippen LogP contribution in [0.2, 0.25) is 0 Å². The Labute approximate surface area is 90.2 Å². The second kappa shape index (κ2) is 5.11. The summed E-state index contributed by atoms with van der Waals surface area (Å²) in [6.45, 7) is 3.18. The van der Waals surface area contributed by atoms with Crippen LogP contribution >= 0.6 is 0 Å². The molecule has 0 aromatic rings. The predicted molar refractivity (Wildman–Crippen MR) is 57.8 cm³/mol. The summed E-state index contributed by atoms with van der Waals surface area (Å²) >= 11 is 0. The molecule has 5 nitrogen and oxygen atoms in total. The molecule has 0 aromatic heterocycles. The third-order valence-electron chi connectivity index (χ3n) is 2.79. The molecule has 1 aliphatic heterocycles. The first-order valence-electron chi connectivity index (χ1n) is 5.23. The van der Waals surface area contributed by atoms with Crippen LogP contribution in [0.15, 0.2) is 0 Å². The zero-order valence-corrected chi connectivity index (χ0v) is 9.31.